The van der Waals surface area contributed by atoms with Crippen LogP contribution in [0.2, 0.25) is 10.0 Å². The number of benzene rings is 2. The maximum Gasteiger partial charge on any atom is 0.247 e. The minimum atomic E-state index is -1.08. The number of nitrogens with one attached hydrogen (secondary N) is 1. The Kier molecular flexibility index (Phi) is 8.29. The van der Waals surface area contributed by atoms with Gasteiger partial charge in [0.25, 0.3) is 0 Å². The average Bonchev–Trinajstić information content (AvgIpc) is 3.56. The quantitative estimate of drug-likeness (QED) is 0.450. The molecule has 1 aliphatic heterocycles. The van der Waals surface area contributed by atoms with Gasteiger partial charge in [-0.2, -0.15) is 0 Å². The molecule has 0 bridgehead atoms. The molecule has 3 N–H and O–H groups in total. The van der Waals surface area contributed by atoms with Crippen LogP contribution in [0.1, 0.15) is 49.1 Å². The lowest BCUT2D eigenvalue weighted by Gasteiger charge is -2.41. The number of rotatable bonds is 8. The highest BCUT2D eigenvalue weighted by molar-refractivity contribution is 6.35. The number of aliphatic hydroxyl groups is 2. The molecule has 5 rings (SSSR count). The van der Waals surface area contributed by atoms with Crippen molar-refractivity contribution in [1.82, 2.24) is 10.2 Å². The van der Waals surface area contributed by atoms with E-state index < -0.39 is 24.2 Å². The Balaban J connectivity index is 1.54. The summed E-state index contributed by atoms with van der Waals surface area (Å²) in [5.41, 5.74) is 1.91. The van der Waals surface area contributed by atoms with Gasteiger partial charge >= 0.3 is 0 Å². The van der Waals surface area contributed by atoms with Crippen molar-refractivity contribution in [1.29, 1.82) is 0 Å². The van der Waals surface area contributed by atoms with Crippen LogP contribution in [0.3, 0.4) is 0 Å². The molecule has 4 atom stereocenters. The Morgan fingerprint density at radius 2 is 1.87 bits per heavy atom. The fraction of sp³-hybridized carbons (Fsp3) is 0.448. The van der Waals surface area contributed by atoms with E-state index in [-0.39, 0.29) is 31.5 Å². The van der Waals surface area contributed by atoms with Crippen molar-refractivity contribution in [3.8, 4) is 5.75 Å². The number of nitrogens with zero attached hydrogens (tertiary/aromatic N) is 1. The lowest BCUT2D eigenvalue weighted by atomic mass is 9.77. The molecular formula is C29H32Cl2N2O5. The summed E-state index contributed by atoms with van der Waals surface area (Å²) in [4.78, 5) is 28.8. The highest BCUT2D eigenvalue weighted by Gasteiger charge is 2.50. The van der Waals surface area contributed by atoms with Gasteiger partial charge in [-0.05, 0) is 48.6 Å². The molecule has 1 fully saturated rings. The number of fused-ring (bicyclic) bond motifs is 3. The average molecular weight is 559 g/mol. The SMILES string of the molecule is O=C(NCCO)C1=CC(N(Cc2ccc(Cl)cc2Cl)C(=O)CC2CCCC2)C(O)C2Oc3ccccc3C12. The predicted molar refractivity (Wildman–Crippen MR) is 145 cm³/mol. The lowest BCUT2D eigenvalue weighted by molar-refractivity contribution is -0.139. The van der Waals surface area contributed by atoms with Crippen molar-refractivity contribution in [3.05, 3.63) is 75.3 Å². The van der Waals surface area contributed by atoms with Crippen LogP contribution in [0.4, 0.5) is 0 Å². The van der Waals surface area contributed by atoms with Gasteiger partial charge in [0.05, 0.1) is 18.6 Å². The predicted octanol–water partition coefficient (Wildman–Crippen LogP) is 4.23. The number of carbonyl (C=O) groups excluding carboxylic acids is 2. The maximum absolute atomic E-state index is 13.8. The van der Waals surface area contributed by atoms with Crippen molar-refractivity contribution >= 4 is 35.0 Å². The van der Waals surface area contributed by atoms with E-state index >= 15 is 0 Å². The summed E-state index contributed by atoms with van der Waals surface area (Å²) in [7, 11) is 0. The summed E-state index contributed by atoms with van der Waals surface area (Å²) in [6.45, 7) is 0.0387. The van der Waals surface area contributed by atoms with E-state index in [1.54, 1.807) is 29.2 Å². The second-order valence-electron chi connectivity index (χ2n) is 10.3. The van der Waals surface area contributed by atoms with Crippen LogP contribution >= 0.6 is 23.2 Å². The molecular weight excluding hydrogens is 527 g/mol. The van der Waals surface area contributed by atoms with Crippen LogP contribution in [0.25, 0.3) is 0 Å². The molecule has 4 unspecified atom stereocenters. The van der Waals surface area contributed by atoms with Gasteiger partial charge in [0.1, 0.15) is 18.0 Å². The molecule has 9 heteroatoms. The third-order valence-corrected chi connectivity index (χ3v) is 8.44. The first-order valence-corrected chi connectivity index (χ1v) is 13.9. The second-order valence-corrected chi connectivity index (χ2v) is 11.1. The smallest absolute Gasteiger partial charge is 0.247 e. The zero-order chi connectivity index (χ0) is 26.8. The molecule has 0 aromatic heterocycles. The monoisotopic (exact) mass is 558 g/mol. The molecule has 0 radical (unpaired) electrons. The Labute approximate surface area is 232 Å². The molecule has 0 spiro atoms. The fourth-order valence-electron chi connectivity index (χ4n) is 5.96. The summed E-state index contributed by atoms with van der Waals surface area (Å²) in [6, 6.07) is 11.7. The zero-order valence-electron chi connectivity index (χ0n) is 21.0. The number of hydrogen-bond donors (Lipinski definition) is 3. The topological polar surface area (TPSA) is 99.1 Å². The molecule has 2 aliphatic carbocycles. The summed E-state index contributed by atoms with van der Waals surface area (Å²) in [5, 5.41) is 24.6. The Morgan fingerprint density at radius 3 is 2.61 bits per heavy atom. The van der Waals surface area contributed by atoms with Gasteiger partial charge in [-0.3, -0.25) is 9.59 Å². The van der Waals surface area contributed by atoms with Crippen LogP contribution in [-0.4, -0.2) is 58.3 Å². The van der Waals surface area contributed by atoms with Gasteiger partial charge < -0.3 is 25.2 Å². The minimum absolute atomic E-state index is 0.0913. The third-order valence-electron chi connectivity index (χ3n) is 7.85. The lowest BCUT2D eigenvalue weighted by Crippen LogP contribution is -2.55. The van der Waals surface area contributed by atoms with Crippen LogP contribution < -0.4 is 10.1 Å². The van der Waals surface area contributed by atoms with E-state index in [1.165, 1.54) is 0 Å². The van der Waals surface area contributed by atoms with Crippen molar-refractivity contribution < 1.29 is 24.5 Å². The number of para-hydroxylation sites is 1. The molecule has 1 heterocycles. The second kappa shape index (κ2) is 11.7. The molecule has 0 saturated heterocycles. The largest absolute Gasteiger partial charge is 0.486 e. The number of carbonyl (C=O) groups is 2. The van der Waals surface area contributed by atoms with E-state index in [4.69, 9.17) is 27.9 Å². The van der Waals surface area contributed by atoms with E-state index in [2.05, 4.69) is 5.32 Å². The van der Waals surface area contributed by atoms with E-state index in [1.807, 2.05) is 24.3 Å². The van der Waals surface area contributed by atoms with Crippen molar-refractivity contribution in [2.75, 3.05) is 13.2 Å². The zero-order valence-corrected chi connectivity index (χ0v) is 22.5. The molecule has 2 amide bonds. The van der Waals surface area contributed by atoms with Crippen molar-refractivity contribution in [2.45, 2.75) is 62.8 Å². The summed E-state index contributed by atoms with van der Waals surface area (Å²) >= 11 is 12.6. The first kappa shape index (κ1) is 27.0. The number of amides is 2. The highest BCUT2D eigenvalue weighted by atomic mass is 35.5. The van der Waals surface area contributed by atoms with Gasteiger partial charge in [-0.25, -0.2) is 0 Å². The van der Waals surface area contributed by atoms with Crippen LogP contribution in [0, 0.1) is 5.92 Å². The molecule has 202 valence electrons. The minimum Gasteiger partial charge on any atom is -0.486 e. The molecule has 1 saturated carbocycles. The molecule has 2 aromatic carbocycles. The van der Waals surface area contributed by atoms with Crippen molar-refractivity contribution in [2.24, 2.45) is 5.92 Å². The highest BCUT2D eigenvalue weighted by Crippen LogP contribution is 2.47. The molecule has 7 nitrogen and oxygen atoms in total. The molecule has 3 aliphatic rings. The number of hydrogen-bond acceptors (Lipinski definition) is 5. The number of halogens is 2. The van der Waals surface area contributed by atoms with E-state index in [9.17, 15) is 19.8 Å². The fourth-order valence-corrected chi connectivity index (χ4v) is 6.43. The van der Waals surface area contributed by atoms with Gasteiger partial charge in [0.15, 0.2) is 0 Å². The summed E-state index contributed by atoms with van der Waals surface area (Å²) in [6.07, 6.45) is 4.45. The standard InChI is InChI=1S/C29H32Cl2N2O5/c30-19-10-9-18(22(31)14-19)16-33(25(35)13-17-5-1-2-6-17)23-15-21(29(37)32-11-12-34)26-20-7-3-4-8-24(20)38-28(26)27(23)36/h3-4,7-10,14-15,17,23,26-28,34,36H,1-2,5-6,11-13,16H2,(H,32,37). The van der Waals surface area contributed by atoms with E-state index in [0.717, 1.165) is 31.2 Å². The molecule has 2 aromatic rings. The van der Waals surface area contributed by atoms with Gasteiger partial charge in [-0.1, -0.05) is 60.3 Å². The first-order valence-electron chi connectivity index (χ1n) is 13.1. The van der Waals surface area contributed by atoms with Crippen LogP contribution in [0.5, 0.6) is 5.75 Å². The Hall–Kier alpha value is -2.58. The normalized spacial score (nSPS) is 24.3. The van der Waals surface area contributed by atoms with Crippen LogP contribution in [-0.2, 0) is 16.1 Å². The Bertz CT molecular complexity index is 1230. The summed E-state index contributed by atoms with van der Waals surface area (Å²) in [5.74, 6) is -0.0663. The number of aliphatic hydroxyl groups excluding tert-OH is 2. The third kappa shape index (κ3) is 5.43. The van der Waals surface area contributed by atoms with Gasteiger partial charge in [0, 0.05) is 40.7 Å². The summed E-state index contributed by atoms with van der Waals surface area (Å²) < 4.78 is 6.19. The maximum atomic E-state index is 13.8. The van der Waals surface area contributed by atoms with Gasteiger partial charge in [0.2, 0.25) is 11.8 Å². The van der Waals surface area contributed by atoms with Crippen molar-refractivity contribution in [3.63, 3.8) is 0 Å². The number of ether oxygens (including phenoxy) is 1. The first-order chi connectivity index (χ1) is 18.4. The van der Waals surface area contributed by atoms with Crippen LogP contribution in [0.15, 0.2) is 54.1 Å². The van der Waals surface area contributed by atoms with E-state index in [0.29, 0.717) is 39.3 Å². The Morgan fingerprint density at radius 1 is 1.11 bits per heavy atom. The molecule has 38 heavy (non-hydrogen) atoms. The van der Waals surface area contributed by atoms with Gasteiger partial charge in [-0.15, -0.1) is 0 Å².